The van der Waals surface area contributed by atoms with Crippen LogP contribution in [0.1, 0.15) is 32.3 Å². The molecule has 0 aliphatic heterocycles. The number of anilines is 1. The summed E-state index contributed by atoms with van der Waals surface area (Å²) in [7, 11) is 0. The minimum atomic E-state index is -0.0650. The van der Waals surface area contributed by atoms with E-state index in [1.54, 1.807) is 18.2 Å². The third kappa shape index (κ3) is 5.31. The van der Waals surface area contributed by atoms with Crippen LogP contribution >= 0.6 is 15.9 Å². The molecule has 0 fully saturated rings. The van der Waals surface area contributed by atoms with Gasteiger partial charge in [0, 0.05) is 10.5 Å². The SMILES string of the molecule is CCCC(C)NC(=O)CNc1cc(Br)ccc1C#N. The molecule has 1 atom stereocenters. The molecule has 0 aliphatic carbocycles. The summed E-state index contributed by atoms with van der Waals surface area (Å²) in [6, 6.07) is 7.57. The van der Waals surface area contributed by atoms with Crippen molar-refractivity contribution in [1.82, 2.24) is 5.32 Å². The summed E-state index contributed by atoms with van der Waals surface area (Å²) in [6.45, 7) is 4.24. The maximum atomic E-state index is 11.7. The van der Waals surface area contributed by atoms with E-state index in [-0.39, 0.29) is 18.5 Å². The number of amides is 1. The number of carbonyl (C=O) groups excluding carboxylic acids is 1. The largest absolute Gasteiger partial charge is 0.375 e. The lowest BCUT2D eigenvalue weighted by Gasteiger charge is -2.14. The van der Waals surface area contributed by atoms with E-state index in [0.717, 1.165) is 17.3 Å². The number of benzene rings is 1. The molecule has 1 amide bonds. The summed E-state index contributed by atoms with van der Waals surface area (Å²) in [4.78, 5) is 11.7. The van der Waals surface area contributed by atoms with Gasteiger partial charge in [-0.3, -0.25) is 4.79 Å². The minimum absolute atomic E-state index is 0.0650. The van der Waals surface area contributed by atoms with Gasteiger partial charge in [0.1, 0.15) is 6.07 Å². The zero-order chi connectivity index (χ0) is 14.3. The summed E-state index contributed by atoms with van der Waals surface area (Å²) < 4.78 is 0.869. The van der Waals surface area contributed by atoms with E-state index in [1.807, 2.05) is 6.92 Å². The van der Waals surface area contributed by atoms with E-state index in [1.165, 1.54) is 0 Å². The van der Waals surface area contributed by atoms with Crippen molar-refractivity contribution in [3.8, 4) is 6.07 Å². The molecule has 4 nitrogen and oxygen atoms in total. The summed E-state index contributed by atoms with van der Waals surface area (Å²) in [5.41, 5.74) is 1.19. The van der Waals surface area contributed by atoms with Crippen LogP contribution in [0.4, 0.5) is 5.69 Å². The number of nitriles is 1. The predicted molar refractivity (Wildman–Crippen MR) is 79.9 cm³/mol. The summed E-state index contributed by atoms with van der Waals surface area (Å²) in [5.74, 6) is -0.0650. The summed E-state index contributed by atoms with van der Waals surface area (Å²) in [6.07, 6.45) is 2.01. The second-order valence-electron chi connectivity index (χ2n) is 4.41. The van der Waals surface area contributed by atoms with Crippen molar-refractivity contribution in [1.29, 1.82) is 5.26 Å². The lowest BCUT2D eigenvalue weighted by Crippen LogP contribution is -2.36. The smallest absolute Gasteiger partial charge is 0.239 e. The highest BCUT2D eigenvalue weighted by atomic mass is 79.9. The Hall–Kier alpha value is -1.54. The van der Waals surface area contributed by atoms with Gasteiger partial charge in [0.2, 0.25) is 5.91 Å². The predicted octanol–water partition coefficient (Wildman–Crippen LogP) is 3.04. The van der Waals surface area contributed by atoms with Crippen molar-refractivity contribution >= 4 is 27.5 Å². The van der Waals surface area contributed by atoms with Gasteiger partial charge in [0.05, 0.1) is 17.8 Å². The average molecular weight is 324 g/mol. The molecule has 0 radical (unpaired) electrons. The second-order valence-corrected chi connectivity index (χ2v) is 5.33. The van der Waals surface area contributed by atoms with Crippen LogP contribution in [0.5, 0.6) is 0 Å². The standard InChI is InChI=1S/C14H18BrN3O/c1-3-4-10(2)18-14(19)9-17-13-7-12(15)6-5-11(13)8-16/h5-7,10,17H,3-4,9H2,1-2H3,(H,18,19). The van der Waals surface area contributed by atoms with Gasteiger partial charge < -0.3 is 10.6 Å². The van der Waals surface area contributed by atoms with Gasteiger partial charge in [0.25, 0.3) is 0 Å². The van der Waals surface area contributed by atoms with Gasteiger partial charge in [-0.1, -0.05) is 29.3 Å². The normalized spacial score (nSPS) is 11.5. The number of carbonyl (C=O) groups is 1. The van der Waals surface area contributed by atoms with Crippen molar-refractivity contribution in [2.75, 3.05) is 11.9 Å². The number of halogens is 1. The van der Waals surface area contributed by atoms with E-state index in [0.29, 0.717) is 11.3 Å². The average Bonchev–Trinajstić information content (AvgIpc) is 2.36. The Morgan fingerprint density at radius 3 is 2.89 bits per heavy atom. The molecule has 0 heterocycles. The van der Waals surface area contributed by atoms with E-state index in [4.69, 9.17) is 5.26 Å². The van der Waals surface area contributed by atoms with E-state index in [2.05, 4.69) is 39.6 Å². The molecule has 0 aromatic heterocycles. The molecule has 1 aromatic rings. The van der Waals surface area contributed by atoms with E-state index < -0.39 is 0 Å². The lowest BCUT2D eigenvalue weighted by molar-refractivity contribution is -0.120. The Kier molecular flexibility index (Phi) is 6.37. The molecule has 0 aliphatic rings. The first-order chi connectivity index (χ1) is 9.06. The molecule has 5 heteroatoms. The summed E-state index contributed by atoms with van der Waals surface area (Å²) in [5, 5.41) is 14.9. The highest BCUT2D eigenvalue weighted by Crippen LogP contribution is 2.20. The van der Waals surface area contributed by atoms with Gasteiger partial charge in [-0.05, 0) is 31.5 Å². The topological polar surface area (TPSA) is 64.9 Å². The third-order valence-electron chi connectivity index (χ3n) is 2.67. The van der Waals surface area contributed by atoms with Crippen LogP contribution in [0.25, 0.3) is 0 Å². The van der Waals surface area contributed by atoms with Crippen LogP contribution < -0.4 is 10.6 Å². The lowest BCUT2D eigenvalue weighted by atomic mass is 10.2. The molecule has 19 heavy (non-hydrogen) atoms. The second kappa shape index (κ2) is 7.80. The molecule has 2 N–H and O–H groups in total. The maximum Gasteiger partial charge on any atom is 0.239 e. The number of nitrogens with one attached hydrogen (secondary N) is 2. The van der Waals surface area contributed by atoms with Gasteiger partial charge in [-0.25, -0.2) is 0 Å². The van der Waals surface area contributed by atoms with Crippen LogP contribution in [-0.2, 0) is 4.79 Å². The molecule has 1 aromatic carbocycles. The fraction of sp³-hybridized carbons (Fsp3) is 0.429. The Balaban J connectivity index is 2.55. The van der Waals surface area contributed by atoms with Crippen molar-refractivity contribution < 1.29 is 4.79 Å². The first-order valence-electron chi connectivity index (χ1n) is 6.29. The van der Waals surface area contributed by atoms with Crippen molar-refractivity contribution in [2.24, 2.45) is 0 Å². The van der Waals surface area contributed by atoms with Crippen molar-refractivity contribution in [2.45, 2.75) is 32.7 Å². The number of rotatable bonds is 6. The minimum Gasteiger partial charge on any atom is -0.375 e. The zero-order valence-corrected chi connectivity index (χ0v) is 12.8. The molecular formula is C14H18BrN3O. The monoisotopic (exact) mass is 323 g/mol. The highest BCUT2D eigenvalue weighted by Gasteiger charge is 2.08. The first kappa shape index (κ1) is 15.5. The number of hydrogen-bond acceptors (Lipinski definition) is 3. The van der Waals surface area contributed by atoms with Crippen molar-refractivity contribution in [3.63, 3.8) is 0 Å². The zero-order valence-electron chi connectivity index (χ0n) is 11.2. The molecule has 0 saturated heterocycles. The molecule has 102 valence electrons. The van der Waals surface area contributed by atoms with E-state index in [9.17, 15) is 4.79 Å². The Morgan fingerprint density at radius 1 is 1.53 bits per heavy atom. The third-order valence-corrected chi connectivity index (χ3v) is 3.16. The van der Waals surface area contributed by atoms with Crippen LogP contribution in [0, 0.1) is 11.3 Å². The van der Waals surface area contributed by atoms with Gasteiger partial charge >= 0.3 is 0 Å². The van der Waals surface area contributed by atoms with Crippen LogP contribution in [0.3, 0.4) is 0 Å². The van der Waals surface area contributed by atoms with Gasteiger partial charge in [-0.15, -0.1) is 0 Å². The highest BCUT2D eigenvalue weighted by molar-refractivity contribution is 9.10. The molecule has 1 unspecified atom stereocenters. The molecule has 0 spiro atoms. The van der Waals surface area contributed by atoms with E-state index >= 15 is 0 Å². The number of nitrogens with zero attached hydrogens (tertiary/aromatic N) is 1. The molecule has 1 rings (SSSR count). The van der Waals surface area contributed by atoms with Crippen molar-refractivity contribution in [3.05, 3.63) is 28.2 Å². The Bertz CT molecular complexity index is 482. The van der Waals surface area contributed by atoms with Gasteiger partial charge in [-0.2, -0.15) is 5.26 Å². The summed E-state index contributed by atoms with van der Waals surface area (Å²) >= 11 is 3.34. The molecule has 0 saturated carbocycles. The first-order valence-corrected chi connectivity index (χ1v) is 7.09. The van der Waals surface area contributed by atoms with Crippen LogP contribution in [0.2, 0.25) is 0 Å². The Morgan fingerprint density at radius 2 is 2.26 bits per heavy atom. The fourth-order valence-electron chi connectivity index (χ4n) is 1.77. The quantitative estimate of drug-likeness (QED) is 0.845. The van der Waals surface area contributed by atoms with Crippen LogP contribution in [-0.4, -0.2) is 18.5 Å². The van der Waals surface area contributed by atoms with Crippen LogP contribution in [0.15, 0.2) is 22.7 Å². The fourth-order valence-corrected chi connectivity index (χ4v) is 2.13. The number of hydrogen-bond donors (Lipinski definition) is 2. The van der Waals surface area contributed by atoms with Gasteiger partial charge in [0.15, 0.2) is 0 Å². The molecular weight excluding hydrogens is 306 g/mol. The Labute approximate surface area is 122 Å². The molecule has 0 bridgehead atoms. The maximum absolute atomic E-state index is 11.7.